The molecule has 1 fully saturated rings. The molecule has 0 saturated heterocycles. The van der Waals surface area contributed by atoms with Crippen molar-refractivity contribution >= 4 is 11.0 Å². The van der Waals surface area contributed by atoms with Gasteiger partial charge in [-0.15, -0.1) is 0 Å². The SMILES string of the molecule is COCCN[C@@H]1C[C@H](C)C[C@H](c2ccc(C(F)(F)F)c3nccnc23)C1. The van der Waals surface area contributed by atoms with Gasteiger partial charge >= 0.3 is 6.18 Å². The monoisotopic (exact) mass is 367 g/mol. The summed E-state index contributed by atoms with van der Waals surface area (Å²) in [6.45, 7) is 3.60. The Balaban J connectivity index is 1.92. The highest BCUT2D eigenvalue weighted by Crippen LogP contribution is 2.41. The topological polar surface area (TPSA) is 47.0 Å². The maximum absolute atomic E-state index is 13.3. The molecule has 142 valence electrons. The van der Waals surface area contributed by atoms with Crippen molar-refractivity contribution in [1.29, 1.82) is 0 Å². The van der Waals surface area contributed by atoms with Crippen LogP contribution in [0.3, 0.4) is 0 Å². The Bertz CT molecular complexity index is 750. The van der Waals surface area contributed by atoms with Crippen LogP contribution >= 0.6 is 0 Å². The summed E-state index contributed by atoms with van der Waals surface area (Å²) in [7, 11) is 1.67. The fraction of sp³-hybridized carbons (Fsp3) is 0.579. The second-order valence-corrected chi connectivity index (χ2v) is 7.11. The van der Waals surface area contributed by atoms with Gasteiger partial charge in [0, 0.05) is 32.1 Å². The Kier molecular flexibility index (Phi) is 5.77. The van der Waals surface area contributed by atoms with Gasteiger partial charge in [-0.1, -0.05) is 13.0 Å². The second kappa shape index (κ2) is 7.88. The van der Waals surface area contributed by atoms with Crippen LogP contribution in [0, 0.1) is 5.92 Å². The molecule has 3 atom stereocenters. The summed E-state index contributed by atoms with van der Waals surface area (Å²) in [5.74, 6) is 0.656. The van der Waals surface area contributed by atoms with Crippen LogP contribution in [0.5, 0.6) is 0 Å². The van der Waals surface area contributed by atoms with Crippen LogP contribution in [0.1, 0.15) is 43.2 Å². The summed E-state index contributed by atoms with van der Waals surface area (Å²) in [6, 6.07) is 3.07. The van der Waals surface area contributed by atoms with E-state index in [1.54, 1.807) is 13.2 Å². The van der Waals surface area contributed by atoms with Gasteiger partial charge in [-0.2, -0.15) is 13.2 Å². The highest BCUT2D eigenvalue weighted by Gasteiger charge is 2.35. The Labute approximate surface area is 151 Å². The molecule has 1 aromatic carbocycles. The fourth-order valence-corrected chi connectivity index (χ4v) is 4.02. The van der Waals surface area contributed by atoms with E-state index in [-0.39, 0.29) is 11.4 Å². The first kappa shape index (κ1) is 19.0. The van der Waals surface area contributed by atoms with Gasteiger partial charge in [0.05, 0.1) is 17.7 Å². The number of nitrogens with zero attached hydrogens (tertiary/aromatic N) is 2. The van der Waals surface area contributed by atoms with E-state index in [0.29, 0.717) is 24.1 Å². The van der Waals surface area contributed by atoms with Gasteiger partial charge in [-0.05, 0) is 42.7 Å². The maximum Gasteiger partial charge on any atom is 0.418 e. The molecule has 0 radical (unpaired) electrons. The molecule has 7 heteroatoms. The average Bonchev–Trinajstić information content (AvgIpc) is 2.59. The number of methoxy groups -OCH3 is 1. The highest BCUT2D eigenvalue weighted by molar-refractivity contribution is 5.82. The minimum absolute atomic E-state index is 0.0559. The fourth-order valence-electron chi connectivity index (χ4n) is 4.02. The van der Waals surface area contributed by atoms with E-state index in [0.717, 1.165) is 37.4 Å². The molecule has 0 unspecified atom stereocenters. The quantitative estimate of drug-likeness (QED) is 0.807. The minimum atomic E-state index is -4.43. The predicted octanol–water partition coefficient (Wildman–Crippen LogP) is 4.16. The zero-order valence-corrected chi connectivity index (χ0v) is 15.0. The van der Waals surface area contributed by atoms with Crippen LogP contribution in [0.4, 0.5) is 13.2 Å². The Morgan fingerprint density at radius 1 is 1.12 bits per heavy atom. The smallest absolute Gasteiger partial charge is 0.383 e. The van der Waals surface area contributed by atoms with Crippen molar-refractivity contribution in [3.8, 4) is 0 Å². The van der Waals surface area contributed by atoms with Gasteiger partial charge in [0.25, 0.3) is 0 Å². The summed E-state index contributed by atoms with van der Waals surface area (Å²) in [6.07, 6.45) is 1.23. The Morgan fingerprint density at radius 2 is 1.85 bits per heavy atom. The lowest BCUT2D eigenvalue weighted by Gasteiger charge is -2.34. The number of halogens is 3. The van der Waals surface area contributed by atoms with E-state index in [2.05, 4.69) is 22.2 Å². The first-order valence-electron chi connectivity index (χ1n) is 8.93. The van der Waals surface area contributed by atoms with Crippen molar-refractivity contribution in [2.24, 2.45) is 5.92 Å². The van der Waals surface area contributed by atoms with Crippen molar-refractivity contribution in [3.05, 3.63) is 35.7 Å². The van der Waals surface area contributed by atoms with Gasteiger partial charge in [0.15, 0.2) is 0 Å². The van der Waals surface area contributed by atoms with Crippen LogP contribution in [0.2, 0.25) is 0 Å². The molecule has 0 spiro atoms. The minimum Gasteiger partial charge on any atom is -0.383 e. The van der Waals surface area contributed by atoms with Crippen LogP contribution in [-0.4, -0.2) is 36.3 Å². The predicted molar refractivity (Wildman–Crippen MR) is 94.0 cm³/mol. The van der Waals surface area contributed by atoms with Crippen molar-refractivity contribution < 1.29 is 17.9 Å². The largest absolute Gasteiger partial charge is 0.418 e. The molecular weight excluding hydrogens is 343 g/mol. The molecule has 1 aliphatic rings. The zero-order valence-electron chi connectivity index (χ0n) is 15.0. The van der Waals surface area contributed by atoms with Crippen LogP contribution in [0.15, 0.2) is 24.5 Å². The van der Waals surface area contributed by atoms with E-state index >= 15 is 0 Å². The van der Waals surface area contributed by atoms with Crippen LogP contribution < -0.4 is 5.32 Å². The number of hydrogen-bond donors (Lipinski definition) is 1. The molecule has 1 aromatic heterocycles. The molecule has 1 saturated carbocycles. The van der Waals surface area contributed by atoms with E-state index < -0.39 is 11.7 Å². The summed E-state index contributed by atoms with van der Waals surface area (Å²) < 4.78 is 45.0. The number of ether oxygens (including phenoxy) is 1. The number of hydrogen-bond acceptors (Lipinski definition) is 4. The second-order valence-electron chi connectivity index (χ2n) is 7.11. The van der Waals surface area contributed by atoms with E-state index in [9.17, 15) is 13.2 Å². The maximum atomic E-state index is 13.3. The molecule has 4 nitrogen and oxygen atoms in total. The van der Waals surface area contributed by atoms with Gasteiger partial charge in [-0.25, -0.2) is 0 Å². The molecular formula is C19H24F3N3O. The summed E-state index contributed by atoms with van der Waals surface area (Å²) in [5, 5.41) is 3.50. The third kappa shape index (κ3) is 4.15. The molecule has 1 aliphatic carbocycles. The standard InChI is InChI=1S/C19H24F3N3O/c1-12-9-13(11-14(10-12)23-7-8-26-2)15-3-4-16(19(20,21)22)18-17(15)24-5-6-25-18/h3-6,12-14,23H,7-11H2,1-2H3/t12-,13+,14-/m1/s1. The summed E-state index contributed by atoms with van der Waals surface area (Å²) in [5.41, 5.74) is 0.464. The van der Waals surface area contributed by atoms with E-state index in [1.807, 2.05) is 0 Å². The molecule has 0 amide bonds. The first-order chi connectivity index (χ1) is 12.4. The molecule has 0 bridgehead atoms. The normalized spacial score (nSPS) is 24.1. The van der Waals surface area contributed by atoms with Gasteiger partial charge in [-0.3, -0.25) is 9.97 Å². The average molecular weight is 367 g/mol. The number of nitrogens with one attached hydrogen (secondary N) is 1. The van der Waals surface area contributed by atoms with Gasteiger partial charge < -0.3 is 10.1 Å². The van der Waals surface area contributed by atoms with Crippen molar-refractivity contribution in [3.63, 3.8) is 0 Å². The lowest BCUT2D eigenvalue weighted by Crippen LogP contribution is -2.38. The molecule has 3 rings (SSSR count). The number of aromatic nitrogens is 2. The first-order valence-corrected chi connectivity index (χ1v) is 8.93. The lowest BCUT2D eigenvalue weighted by atomic mass is 9.75. The molecule has 2 aromatic rings. The van der Waals surface area contributed by atoms with Gasteiger partial charge in [0.2, 0.25) is 0 Å². The van der Waals surface area contributed by atoms with E-state index in [1.165, 1.54) is 12.4 Å². The molecule has 0 aliphatic heterocycles. The Morgan fingerprint density at radius 3 is 2.54 bits per heavy atom. The lowest BCUT2D eigenvalue weighted by molar-refractivity contribution is -0.136. The van der Waals surface area contributed by atoms with Gasteiger partial charge in [0.1, 0.15) is 5.52 Å². The third-order valence-corrected chi connectivity index (χ3v) is 5.08. The Hall–Kier alpha value is -1.73. The van der Waals surface area contributed by atoms with Crippen molar-refractivity contribution in [2.75, 3.05) is 20.3 Å². The summed E-state index contributed by atoms with van der Waals surface area (Å²) >= 11 is 0. The number of alkyl halides is 3. The molecule has 1 N–H and O–H groups in total. The number of fused-ring (bicyclic) bond motifs is 1. The van der Waals surface area contributed by atoms with Crippen LogP contribution in [0.25, 0.3) is 11.0 Å². The molecule has 1 heterocycles. The van der Waals surface area contributed by atoms with Crippen molar-refractivity contribution in [1.82, 2.24) is 15.3 Å². The molecule has 26 heavy (non-hydrogen) atoms. The summed E-state index contributed by atoms with van der Waals surface area (Å²) in [4.78, 5) is 8.24. The van der Waals surface area contributed by atoms with E-state index in [4.69, 9.17) is 4.74 Å². The van der Waals surface area contributed by atoms with Crippen LogP contribution in [-0.2, 0) is 10.9 Å². The van der Waals surface area contributed by atoms with Crippen molar-refractivity contribution in [2.45, 2.75) is 44.3 Å². The number of benzene rings is 1. The highest BCUT2D eigenvalue weighted by atomic mass is 19.4. The number of rotatable bonds is 5. The third-order valence-electron chi connectivity index (χ3n) is 5.08. The zero-order chi connectivity index (χ0) is 18.7.